The Morgan fingerprint density at radius 2 is 2.03 bits per heavy atom. The van der Waals surface area contributed by atoms with Gasteiger partial charge >= 0.3 is 65.2 Å². The third-order valence-corrected chi connectivity index (χ3v) is 4.96. The van der Waals surface area contributed by atoms with Crippen LogP contribution in [0.1, 0.15) is 0 Å². The summed E-state index contributed by atoms with van der Waals surface area (Å²) in [6, 6.07) is 7.48. The van der Waals surface area contributed by atoms with Crippen molar-refractivity contribution in [1.29, 1.82) is 0 Å². The summed E-state index contributed by atoms with van der Waals surface area (Å²) < 4.78 is 36.0. The normalized spacial score (nSPS) is 15.4. The zero-order valence-corrected chi connectivity index (χ0v) is 23.4. The van der Waals surface area contributed by atoms with Crippen molar-refractivity contribution < 1.29 is 91.9 Å². The number of benzene rings is 1. The van der Waals surface area contributed by atoms with E-state index in [9.17, 15) is 23.5 Å². The summed E-state index contributed by atoms with van der Waals surface area (Å²) >= 11 is 0. The molecular formula is C18H16FN6Na2O6P. The maximum atomic E-state index is 14.8. The summed E-state index contributed by atoms with van der Waals surface area (Å²) in [6.45, 7) is -0.699. The van der Waals surface area contributed by atoms with Gasteiger partial charge in [-0.15, -0.1) is 5.10 Å². The van der Waals surface area contributed by atoms with Crippen LogP contribution in [-0.2, 0) is 20.9 Å². The number of carbonyl (C=O) groups is 1. The summed E-state index contributed by atoms with van der Waals surface area (Å²) in [5.41, 5.74) is 0.981. The first-order valence-corrected chi connectivity index (χ1v) is 10.7. The first-order chi connectivity index (χ1) is 15.2. The predicted octanol–water partition coefficient (Wildman–Crippen LogP) is -5.06. The van der Waals surface area contributed by atoms with Crippen LogP contribution in [0, 0.1) is 5.82 Å². The van der Waals surface area contributed by atoms with E-state index in [1.807, 2.05) is 0 Å². The van der Waals surface area contributed by atoms with E-state index in [0.29, 0.717) is 17.2 Å². The summed E-state index contributed by atoms with van der Waals surface area (Å²) in [7, 11) is -3.46. The number of carbonyl (C=O) groups excluding carboxylic acids is 1. The molecule has 3 aromatic rings. The molecule has 12 nitrogen and oxygen atoms in total. The standard InChI is InChI=1S/C18H18FN6O6P.2Na/c1-24-9-17(22-23-24)21-16-5-2-11(7-20-16)14-4-3-12(6-15(14)19)25-8-13(31-18(25)26)10-30-32(27,28)29;;/h2-7,9,13H,8,10H2,1H3,(H,20,21)(H2,27,28,29);;/q;2*+1/p-2/t13-;;/m1../s1. The number of rotatable bonds is 7. The van der Waals surface area contributed by atoms with E-state index in [1.54, 1.807) is 25.4 Å². The van der Waals surface area contributed by atoms with Crippen LogP contribution in [0.15, 0.2) is 42.7 Å². The van der Waals surface area contributed by atoms with Gasteiger partial charge in [0.25, 0.3) is 0 Å². The van der Waals surface area contributed by atoms with E-state index >= 15 is 0 Å². The van der Waals surface area contributed by atoms with Gasteiger partial charge < -0.3 is 28.9 Å². The molecule has 2 aromatic heterocycles. The Morgan fingerprint density at radius 3 is 2.62 bits per heavy atom. The van der Waals surface area contributed by atoms with Crippen molar-refractivity contribution in [3.8, 4) is 11.1 Å². The molecule has 1 aliphatic rings. The number of hydrogen-bond donors (Lipinski definition) is 1. The minimum Gasteiger partial charge on any atom is -0.790 e. The minimum absolute atomic E-state index is 0. The number of halogens is 1. The topological polar surface area (TPSA) is 158 Å². The van der Waals surface area contributed by atoms with Crippen molar-refractivity contribution in [3.63, 3.8) is 0 Å². The number of nitrogens with zero attached hydrogens (tertiary/aromatic N) is 5. The first kappa shape index (κ1) is 28.9. The average Bonchev–Trinajstić information content (AvgIpc) is 3.31. The summed E-state index contributed by atoms with van der Waals surface area (Å²) in [5.74, 6) is 0.410. The fourth-order valence-electron chi connectivity index (χ4n) is 3.06. The number of amides is 1. The number of nitrogens with one attached hydrogen (secondary N) is 1. The van der Waals surface area contributed by atoms with Gasteiger partial charge in [0.05, 0.1) is 32.9 Å². The Kier molecular flexibility index (Phi) is 10.2. The van der Waals surface area contributed by atoms with Crippen LogP contribution in [0.3, 0.4) is 0 Å². The minimum atomic E-state index is -5.19. The zero-order valence-electron chi connectivity index (χ0n) is 18.5. The van der Waals surface area contributed by atoms with E-state index in [2.05, 4.69) is 25.1 Å². The van der Waals surface area contributed by atoms with Gasteiger partial charge in [0.15, 0.2) is 5.82 Å². The van der Waals surface area contributed by atoms with Crippen LogP contribution in [0.2, 0.25) is 0 Å². The number of aromatic nitrogens is 4. The monoisotopic (exact) mass is 508 g/mol. The second-order valence-electron chi connectivity index (χ2n) is 6.86. The molecule has 0 radical (unpaired) electrons. The van der Waals surface area contributed by atoms with Crippen molar-refractivity contribution >= 4 is 31.2 Å². The van der Waals surface area contributed by atoms with Crippen LogP contribution in [0.5, 0.6) is 0 Å². The van der Waals surface area contributed by atoms with Crippen molar-refractivity contribution in [3.05, 3.63) is 48.5 Å². The summed E-state index contributed by atoms with van der Waals surface area (Å²) in [6.07, 6.45) is 1.38. The fraction of sp³-hybridized carbons (Fsp3) is 0.222. The Hall–Kier alpha value is -1.38. The molecule has 4 rings (SSSR count). The largest absolute Gasteiger partial charge is 1.00 e. The number of pyridine rings is 1. The van der Waals surface area contributed by atoms with Gasteiger partial charge in [-0.2, -0.15) is 0 Å². The maximum absolute atomic E-state index is 14.8. The number of cyclic esters (lactones) is 1. The number of anilines is 3. The van der Waals surface area contributed by atoms with E-state index in [0.717, 1.165) is 11.0 Å². The van der Waals surface area contributed by atoms with Crippen LogP contribution in [0.25, 0.3) is 11.1 Å². The van der Waals surface area contributed by atoms with Gasteiger partial charge in [0, 0.05) is 24.4 Å². The number of aryl methyl sites for hydroxylation is 1. The quantitative estimate of drug-likeness (QED) is 0.242. The van der Waals surface area contributed by atoms with E-state index in [-0.39, 0.29) is 76.9 Å². The molecule has 0 bridgehead atoms. The summed E-state index contributed by atoms with van der Waals surface area (Å²) in [5, 5.41) is 10.7. The average molecular weight is 508 g/mol. The van der Waals surface area contributed by atoms with Gasteiger partial charge in [-0.25, -0.2) is 14.2 Å². The molecule has 0 aliphatic carbocycles. The van der Waals surface area contributed by atoms with E-state index in [4.69, 9.17) is 4.74 Å². The molecule has 1 saturated heterocycles. The maximum Gasteiger partial charge on any atom is 1.00 e. The Morgan fingerprint density at radius 1 is 1.26 bits per heavy atom. The number of ether oxygens (including phenoxy) is 1. The number of phosphoric ester groups is 1. The molecule has 1 N–H and O–H groups in total. The third kappa shape index (κ3) is 7.31. The molecule has 1 aliphatic heterocycles. The zero-order chi connectivity index (χ0) is 22.9. The molecule has 1 amide bonds. The van der Waals surface area contributed by atoms with Crippen LogP contribution in [-0.4, -0.2) is 45.3 Å². The molecule has 34 heavy (non-hydrogen) atoms. The van der Waals surface area contributed by atoms with Crippen molar-refractivity contribution in [2.45, 2.75) is 6.10 Å². The Labute approximate surface area is 237 Å². The number of hydrogen-bond acceptors (Lipinski definition) is 10. The van der Waals surface area contributed by atoms with Crippen LogP contribution < -0.4 is 79.1 Å². The van der Waals surface area contributed by atoms with Crippen molar-refractivity contribution in [1.82, 2.24) is 20.0 Å². The van der Waals surface area contributed by atoms with Crippen LogP contribution in [0.4, 0.5) is 26.5 Å². The first-order valence-electron chi connectivity index (χ1n) is 9.22. The van der Waals surface area contributed by atoms with Gasteiger partial charge in [0.2, 0.25) is 0 Å². The third-order valence-electron chi connectivity index (χ3n) is 4.49. The van der Waals surface area contributed by atoms with Gasteiger partial charge in [-0.3, -0.25) is 9.58 Å². The van der Waals surface area contributed by atoms with Gasteiger partial charge in [-0.1, -0.05) is 5.21 Å². The van der Waals surface area contributed by atoms with Crippen molar-refractivity contribution in [2.75, 3.05) is 23.4 Å². The van der Waals surface area contributed by atoms with Crippen molar-refractivity contribution in [2.24, 2.45) is 7.05 Å². The van der Waals surface area contributed by atoms with Crippen LogP contribution >= 0.6 is 7.82 Å². The Balaban J connectivity index is 0.00000204. The Bertz CT molecular complexity index is 1190. The molecule has 1 atom stereocenters. The van der Waals surface area contributed by atoms with Gasteiger partial charge in [0.1, 0.15) is 17.7 Å². The fourth-order valence-corrected chi connectivity index (χ4v) is 3.41. The molecular weight excluding hydrogens is 492 g/mol. The second kappa shape index (κ2) is 12.0. The van der Waals surface area contributed by atoms with E-state index < -0.39 is 32.4 Å². The SMILES string of the molecule is Cn1cc(Nc2ccc(-c3ccc(N4C[C@H](COP(=O)([O-])[O-])OC4=O)cc3F)cn2)nn1.[Na+].[Na+]. The molecule has 16 heteroatoms. The molecule has 1 fully saturated rings. The molecule has 0 saturated carbocycles. The van der Waals surface area contributed by atoms with E-state index in [1.165, 1.54) is 23.0 Å². The molecule has 3 heterocycles. The molecule has 1 aromatic carbocycles. The van der Waals surface area contributed by atoms with Gasteiger partial charge in [-0.05, 0) is 30.3 Å². The number of phosphoric acid groups is 1. The smallest absolute Gasteiger partial charge is 0.790 e. The summed E-state index contributed by atoms with van der Waals surface area (Å²) in [4.78, 5) is 38.6. The molecule has 0 unspecified atom stereocenters. The molecule has 168 valence electrons. The molecule has 0 spiro atoms. The predicted molar refractivity (Wildman–Crippen MR) is 105 cm³/mol. The second-order valence-corrected chi connectivity index (χ2v) is 8.01.